The lowest BCUT2D eigenvalue weighted by molar-refractivity contribution is 0.493. The minimum atomic E-state index is 0.164. The molecule has 0 bridgehead atoms. The number of hydrogen-bond donors (Lipinski definition) is 3. The van der Waals surface area contributed by atoms with Crippen LogP contribution in [0, 0.1) is 5.92 Å². The molecule has 18 heavy (non-hydrogen) atoms. The number of nitrogens with one attached hydrogen (secondary N) is 1. The molecule has 6 heteroatoms. The number of nitrogen functional groups attached to an aromatic ring is 2. The van der Waals surface area contributed by atoms with Gasteiger partial charge in [-0.25, -0.2) is 4.98 Å². The van der Waals surface area contributed by atoms with Crippen molar-refractivity contribution in [3.63, 3.8) is 0 Å². The number of imidazole rings is 1. The molecule has 2 aromatic rings. The number of nitrogens with two attached hydrogens (primary N) is 2. The second-order valence-corrected chi connectivity index (χ2v) is 4.75. The standard InChI is InChI=1S/C12H20N6/c1-3-7(2)5-4-6-8-15-9-10(13)17-12(14)18-11(9)16-8/h7H,3-6H2,1-2H3,(H5,13,14,15,16,17,18). The van der Waals surface area contributed by atoms with E-state index in [0.717, 1.165) is 24.6 Å². The van der Waals surface area contributed by atoms with Crippen molar-refractivity contribution in [3.05, 3.63) is 5.82 Å². The lowest BCUT2D eigenvalue weighted by atomic mass is 10.0. The monoisotopic (exact) mass is 248 g/mol. The van der Waals surface area contributed by atoms with Gasteiger partial charge in [0.25, 0.3) is 0 Å². The Hall–Kier alpha value is -1.85. The maximum Gasteiger partial charge on any atom is 0.224 e. The summed E-state index contributed by atoms with van der Waals surface area (Å²) in [6, 6.07) is 0. The Morgan fingerprint density at radius 3 is 2.72 bits per heavy atom. The molecule has 0 saturated carbocycles. The Morgan fingerprint density at radius 1 is 1.22 bits per heavy atom. The molecule has 98 valence electrons. The topological polar surface area (TPSA) is 106 Å². The fraction of sp³-hybridized carbons (Fsp3) is 0.583. The molecule has 1 unspecified atom stereocenters. The van der Waals surface area contributed by atoms with Crippen LogP contribution in [0.1, 0.15) is 38.9 Å². The van der Waals surface area contributed by atoms with Gasteiger partial charge in [-0.2, -0.15) is 9.97 Å². The van der Waals surface area contributed by atoms with Crippen LogP contribution in [-0.2, 0) is 6.42 Å². The van der Waals surface area contributed by atoms with Crippen LogP contribution in [0.2, 0.25) is 0 Å². The first-order valence-electron chi connectivity index (χ1n) is 6.37. The highest BCUT2D eigenvalue weighted by atomic mass is 15.1. The average molecular weight is 248 g/mol. The van der Waals surface area contributed by atoms with Gasteiger partial charge in [-0.05, 0) is 12.3 Å². The van der Waals surface area contributed by atoms with Gasteiger partial charge in [0.15, 0.2) is 11.5 Å². The van der Waals surface area contributed by atoms with Crippen LogP contribution < -0.4 is 11.5 Å². The molecule has 0 aliphatic heterocycles. The highest BCUT2D eigenvalue weighted by molar-refractivity contribution is 5.82. The van der Waals surface area contributed by atoms with Crippen molar-refractivity contribution in [1.82, 2.24) is 19.9 Å². The van der Waals surface area contributed by atoms with E-state index in [1.54, 1.807) is 0 Å². The van der Waals surface area contributed by atoms with Gasteiger partial charge >= 0.3 is 0 Å². The third kappa shape index (κ3) is 2.69. The van der Waals surface area contributed by atoms with Crippen LogP contribution in [-0.4, -0.2) is 19.9 Å². The van der Waals surface area contributed by atoms with E-state index in [1.807, 2.05) is 0 Å². The summed E-state index contributed by atoms with van der Waals surface area (Å²) in [5, 5.41) is 0. The van der Waals surface area contributed by atoms with Crippen LogP contribution >= 0.6 is 0 Å². The predicted octanol–water partition coefficient (Wildman–Crippen LogP) is 1.89. The molecular weight excluding hydrogens is 228 g/mol. The smallest absolute Gasteiger partial charge is 0.224 e. The van der Waals surface area contributed by atoms with Crippen molar-refractivity contribution < 1.29 is 0 Å². The number of aryl methyl sites for hydroxylation is 1. The zero-order valence-corrected chi connectivity index (χ0v) is 10.9. The highest BCUT2D eigenvalue weighted by Crippen LogP contribution is 2.18. The van der Waals surface area contributed by atoms with Crippen molar-refractivity contribution in [2.24, 2.45) is 5.92 Å². The van der Waals surface area contributed by atoms with Crippen molar-refractivity contribution in [2.45, 2.75) is 39.5 Å². The van der Waals surface area contributed by atoms with Crippen LogP contribution in [0.15, 0.2) is 0 Å². The van der Waals surface area contributed by atoms with Gasteiger partial charge in [-0.3, -0.25) is 0 Å². The van der Waals surface area contributed by atoms with E-state index >= 15 is 0 Å². The second kappa shape index (κ2) is 5.20. The van der Waals surface area contributed by atoms with Crippen LogP contribution in [0.5, 0.6) is 0 Å². The van der Waals surface area contributed by atoms with Crippen molar-refractivity contribution in [1.29, 1.82) is 0 Å². The lowest BCUT2D eigenvalue weighted by Crippen LogP contribution is -1.99. The first-order valence-corrected chi connectivity index (χ1v) is 6.37. The Balaban J connectivity index is 2.08. The first kappa shape index (κ1) is 12.6. The molecule has 0 saturated heterocycles. The SMILES string of the molecule is CCC(C)CCCc1nc2nc(N)nc(N)c2[nH]1. The fourth-order valence-corrected chi connectivity index (χ4v) is 1.92. The Bertz CT molecular complexity index is 533. The average Bonchev–Trinajstić information content (AvgIpc) is 2.72. The molecule has 0 aliphatic carbocycles. The van der Waals surface area contributed by atoms with Crippen LogP contribution in [0.3, 0.4) is 0 Å². The third-order valence-electron chi connectivity index (χ3n) is 3.25. The number of hydrogen-bond acceptors (Lipinski definition) is 5. The minimum absolute atomic E-state index is 0.164. The lowest BCUT2D eigenvalue weighted by Gasteiger charge is -2.05. The summed E-state index contributed by atoms with van der Waals surface area (Å²) in [5.41, 5.74) is 12.5. The normalized spacial score (nSPS) is 13.0. The van der Waals surface area contributed by atoms with Gasteiger partial charge in [0.2, 0.25) is 5.95 Å². The van der Waals surface area contributed by atoms with Gasteiger partial charge in [0.1, 0.15) is 11.3 Å². The van der Waals surface area contributed by atoms with Gasteiger partial charge in [-0.1, -0.05) is 26.7 Å². The maximum absolute atomic E-state index is 5.77. The maximum atomic E-state index is 5.77. The molecule has 0 amide bonds. The number of fused-ring (bicyclic) bond motifs is 1. The molecule has 0 aromatic carbocycles. The number of aromatic nitrogens is 4. The summed E-state index contributed by atoms with van der Waals surface area (Å²) in [7, 11) is 0. The van der Waals surface area contributed by atoms with E-state index in [9.17, 15) is 0 Å². The summed E-state index contributed by atoms with van der Waals surface area (Å²) >= 11 is 0. The van der Waals surface area contributed by atoms with Crippen molar-refractivity contribution in [2.75, 3.05) is 11.5 Å². The molecule has 2 aromatic heterocycles. The second-order valence-electron chi connectivity index (χ2n) is 4.75. The van der Waals surface area contributed by atoms with E-state index in [2.05, 4.69) is 33.8 Å². The van der Waals surface area contributed by atoms with E-state index in [0.29, 0.717) is 17.0 Å². The number of nitrogens with zero attached hydrogens (tertiary/aromatic N) is 3. The zero-order valence-electron chi connectivity index (χ0n) is 10.9. The van der Waals surface area contributed by atoms with E-state index < -0.39 is 0 Å². The summed E-state index contributed by atoms with van der Waals surface area (Å²) < 4.78 is 0. The van der Waals surface area contributed by atoms with Crippen molar-refractivity contribution >= 4 is 22.9 Å². The number of aromatic amines is 1. The molecule has 5 N–H and O–H groups in total. The molecule has 0 spiro atoms. The van der Waals surface area contributed by atoms with Gasteiger partial charge in [0, 0.05) is 6.42 Å². The molecular formula is C12H20N6. The summed E-state index contributed by atoms with van der Waals surface area (Å²) in [6.45, 7) is 4.48. The molecule has 0 radical (unpaired) electrons. The summed E-state index contributed by atoms with van der Waals surface area (Å²) in [5.74, 6) is 2.19. The van der Waals surface area contributed by atoms with Gasteiger partial charge in [0.05, 0.1) is 0 Å². The quantitative estimate of drug-likeness (QED) is 0.749. The third-order valence-corrected chi connectivity index (χ3v) is 3.25. The molecule has 0 aliphatic rings. The van der Waals surface area contributed by atoms with E-state index in [1.165, 1.54) is 12.8 Å². The van der Waals surface area contributed by atoms with Gasteiger partial charge < -0.3 is 16.5 Å². The summed E-state index contributed by atoms with van der Waals surface area (Å²) in [6.07, 6.45) is 4.43. The zero-order chi connectivity index (χ0) is 13.1. The largest absolute Gasteiger partial charge is 0.382 e. The molecule has 6 nitrogen and oxygen atoms in total. The Morgan fingerprint density at radius 2 is 2.00 bits per heavy atom. The van der Waals surface area contributed by atoms with Gasteiger partial charge in [-0.15, -0.1) is 0 Å². The summed E-state index contributed by atoms with van der Waals surface area (Å²) in [4.78, 5) is 15.5. The van der Waals surface area contributed by atoms with Crippen LogP contribution in [0.4, 0.5) is 11.8 Å². The molecule has 1 atom stereocenters. The van der Waals surface area contributed by atoms with Crippen LogP contribution in [0.25, 0.3) is 11.2 Å². The Kier molecular flexibility index (Phi) is 3.64. The van der Waals surface area contributed by atoms with Crippen molar-refractivity contribution in [3.8, 4) is 0 Å². The molecule has 2 heterocycles. The number of anilines is 2. The number of H-pyrrole nitrogens is 1. The Labute approximate surface area is 106 Å². The highest BCUT2D eigenvalue weighted by Gasteiger charge is 2.09. The predicted molar refractivity (Wildman–Crippen MR) is 72.9 cm³/mol. The van der Waals surface area contributed by atoms with E-state index in [-0.39, 0.29) is 5.95 Å². The fourth-order valence-electron chi connectivity index (χ4n) is 1.92. The molecule has 2 rings (SSSR count). The number of rotatable bonds is 5. The molecule has 0 fully saturated rings. The van der Waals surface area contributed by atoms with E-state index in [4.69, 9.17) is 11.5 Å². The minimum Gasteiger partial charge on any atom is -0.382 e. The first-order chi connectivity index (χ1) is 8.60.